The van der Waals surface area contributed by atoms with E-state index in [9.17, 15) is 5.11 Å². The van der Waals surface area contributed by atoms with Gasteiger partial charge in [-0.2, -0.15) is 0 Å². The van der Waals surface area contributed by atoms with Crippen molar-refractivity contribution in [3.8, 4) is 5.75 Å². The van der Waals surface area contributed by atoms with Gasteiger partial charge in [0.15, 0.2) is 0 Å². The molecule has 0 spiro atoms. The van der Waals surface area contributed by atoms with E-state index in [0.29, 0.717) is 5.75 Å². The summed E-state index contributed by atoms with van der Waals surface area (Å²) in [4.78, 5) is 0. The van der Waals surface area contributed by atoms with Crippen LogP contribution in [0.4, 0.5) is 0 Å². The molecule has 0 atom stereocenters. The van der Waals surface area contributed by atoms with Gasteiger partial charge in [0.1, 0.15) is 0 Å². The van der Waals surface area contributed by atoms with Crippen LogP contribution in [0.3, 0.4) is 0 Å². The molecule has 0 saturated heterocycles. The van der Waals surface area contributed by atoms with Gasteiger partial charge < -0.3 is 0 Å². The molecule has 1 nitrogen and oxygen atoms in total. The number of allylic oxidation sites excluding steroid dienone is 1. The average molecular weight is 354 g/mol. The molecule has 0 fully saturated rings. The zero-order chi connectivity index (χ0) is 8.97. The Morgan fingerprint density at radius 1 is 1.50 bits per heavy atom. The normalized spacial score (nSPS) is 11.7. The summed E-state index contributed by atoms with van der Waals surface area (Å²) in [6, 6.07) is 7.49. The first-order valence-corrected chi connectivity index (χ1v) is 6.08. The molecule has 0 heterocycles. The summed E-state index contributed by atoms with van der Waals surface area (Å²) in [6.45, 7) is 2.10. The van der Waals surface area contributed by atoms with E-state index in [0.717, 1.165) is 37.8 Å². The quantitative estimate of drug-likeness (QED) is 0.806. The van der Waals surface area contributed by atoms with Gasteiger partial charge in [-0.05, 0) is 0 Å². The summed E-state index contributed by atoms with van der Waals surface area (Å²) in [7, 11) is 0. The summed E-state index contributed by atoms with van der Waals surface area (Å²) in [5.41, 5.74) is 2.35. The zero-order valence-corrected chi connectivity index (χ0v) is 10.9. The van der Waals surface area contributed by atoms with E-state index in [2.05, 4.69) is 10.6 Å². The molecule has 0 aliphatic rings. The summed E-state index contributed by atoms with van der Waals surface area (Å²) in [5, 5.41) is 9.44. The van der Waals surface area contributed by atoms with Gasteiger partial charge in [0.2, 0.25) is 0 Å². The molecule has 0 saturated carbocycles. The molecule has 12 heavy (non-hydrogen) atoms. The van der Waals surface area contributed by atoms with Crippen LogP contribution < -0.4 is 0 Å². The van der Waals surface area contributed by atoms with Crippen molar-refractivity contribution < 1.29 is 5.11 Å². The van der Waals surface area contributed by atoms with E-state index in [4.69, 9.17) is 0 Å². The second kappa shape index (κ2) is 4.65. The summed E-state index contributed by atoms with van der Waals surface area (Å²) < 4.78 is 2.20. The Labute approximate surface area is 88.8 Å². The van der Waals surface area contributed by atoms with E-state index in [1.54, 1.807) is 6.07 Å². The molecule has 1 aromatic carbocycles. The predicted octanol–water partition coefficient (Wildman–Crippen LogP) is 2.01. The molecular formula is C10H11OPb. The van der Waals surface area contributed by atoms with Crippen molar-refractivity contribution in [1.82, 2.24) is 0 Å². The third-order valence-electron chi connectivity index (χ3n) is 1.71. The van der Waals surface area contributed by atoms with Crippen LogP contribution in [0.15, 0.2) is 33.5 Å². The van der Waals surface area contributed by atoms with Gasteiger partial charge in [0.05, 0.1) is 0 Å². The van der Waals surface area contributed by atoms with Gasteiger partial charge in [-0.3, -0.25) is 0 Å². The Morgan fingerprint density at radius 3 is 2.75 bits per heavy atom. The molecule has 3 radical (unpaired) electrons. The van der Waals surface area contributed by atoms with Gasteiger partial charge in [-0.15, -0.1) is 0 Å². The Hall–Kier alpha value is -0.318. The fourth-order valence-electron chi connectivity index (χ4n) is 1.01. The van der Waals surface area contributed by atoms with Gasteiger partial charge in [0, 0.05) is 0 Å². The SMILES string of the molecule is C/C(=[CH]\[Pb])Cc1ccccc1O. The van der Waals surface area contributed by atoms with Gasteiger partial charge in [0.25, 0.3) is 0 Å². The first-order chi connectivity index (χ1) is 5.74. The van der Waals surface area contributed by atoms with Gasteiger partial charge in [-0.25, -0.2) is 0 Å². The van der Waals surface area contributed by atoms with E-state index in [1.807, 2.05) is 18.2 Å². The van der Waals surface area contributed by atoms with E-state index < -0.39 is 0 Å². The predicted molar refractivity (Wildman–Crippen MR) is 51.3 cm³/mol. The number of phenolic OH excluding ortho intramolecular Hbond substituents is 1. The topological polar surface area (TPSA) is 20.2 Å². The molecule has 0 aliphatic heterocycles. The maximum atomic E-state index is 9.44. The van der Waals surface area contributed by atoms with Crippen molar-refractivity contribution in [1.29, 1.82) is 0 Å². The molecule has 0 bridgehead atoms. The Bertz CT molecular complexity index is 292. The molecule has 0 aromatic heterocycles. The van der Waals surface area contributed by atoms with Crippen molar-refractivity contribution in [3.05, 3.63) is 39.0 Å². The molecule has 1 rings (SSSR count). The Morgan fingerprint density at radius 2 is 2.17 bits per heavy atom. The number of phenols is 1. The minimum absolute atomic E-state index is 0.403. The molecule has 0 amide bonds. The molecule has 0 unspecified atom stereocenters. The minimum atomic E-state index is 0.403. The number of hydrogen-bond donors (Lipinski definition) is 1. The number of benzene rings is 1. The number of hydrogen-bond acceptors (Lipinski definition) is 1. The van der Waals surface area contributed by atoms with Gasteiger partial charge >= 0.3 is 89.0 Å². The summed E-state index contributed by atoms with van der Waals surface area (Å²) in [5.74, 6) is 0.403. The number of rotatable bonds is 2. The van der Waals surface area contributed by atoms with Crippen LogP contribution in [0, 0.1) is 0 Å². The number of aromatic hydroxyl groups is 1. The van der Waals surface area contributed by atoms with E-state index >= 15 is 0 Å². The Balaban J connectivity index is 2.82. The van der Waals surface area contributed by atoms with Crippen LogP contribution >= 0.6 is 0 Å². The second-order valence-electron chi connectivity index (χ2n) is 2.80. The van der Waals surface area contributed by atoms with Crippen LogP contribution in [0.2, 0.25) is 0 Å². The third kappa shape index (κ3) is 2.62. The third-order valence-corrected chi connectivity index (χ3v) is 3.62. The van der Waals surface area contributed by atoms with Crippen molar-refractivity contribution in [2.75, 3.05) is 0 Å². The second-order valence-corrected chi connectivity index (χ2v) is 3.92. The maximum absolute atomic E-state index is 9.44. The molecule has 2 heteroatoms. The molecule has 1 N–H and O–H groups in total. The van der Waals surface area contributed by atoms with Crippen LogP contribution in [-0.2, 0) is 6.42 Å². The fraction of sp³-hybridized carbons (Fsp3) is 0.200. The first kappa shape index (κ1) is 9.77. The van der Waals surface area contributed by atoms with Crippen molar-refractivity contribution in [2.45, 2.75) is 13.3 Å². The molecular weight excluding hydrogens is 343 g/mol. The van der Waals surface area contributed by atoms with Crippen molar-refractivity contribution >= 4 is 25.8 Å². The summed E-state index contributed by atoms with van der Waals surface area (Å²) >= 11 is 1.09. The number of para-hydroxylation sites is 1. The first-order valence-electron chi connectivity index (χ1n) is 3.84. The zero-order valence-electron chi connectivity index (χ0n) is 7.04. The monoisotopic (exact) mass is 355 g/mol. The van der Waals surface area contributed by atoms with Crippen LogP contribution in [0.25, 0.3) is 0 Å². The van der Waals surface area contributed by atoms with Crippen LogP contribution in [0.5, 0.6) is 5.75 Å². The van der Waals surface area contributed by atoms with Crippen molar-refractivity contribution in [2.24, 2.45) is 0 Å². The van der Waals surface area contributed by atoms with Crippen LogP contribution in [0.1, 0.15) is 12.5 Å². The molecule has 61 valence electrons. The van der Waals surface area contributed by atoms with Gasteiger partial charge in [-0.1, -0.05) is 0 Å². The fourth-order valence-corrected chi connectivity index (χ4v) is 1.41. The summed E-state index contributed by atoms with van der Waals surface area (Å²) in [6.07, 6.45) is 0.871. The Kier molecular flexibility index (Phi) is 3.78. The van der Waals surface area contributed by atoms with Crippen LogP contribution in [-0.4, -0.2) is 30.9 Å². The van der Waals surface area contributed by atoms with Crippen molar-refractivity contribution in [3.63, 3.8) is 0 Å². The van der Waals surface area contributed by atoms with E-state index in [1.165, 1.54) is 5.57 Å². The molecule has 0 aliphatic carbocycles. The van der Waals surface area contributed by atoms with E-state index in [-0.39, 0.29) is 0 Å². The molecule has 1 aromatic rings. The average Bonchev–Trinajstić information content (AvgIpc) is 2.09. The standard InChI is InChI=1S/C10H11O.Pb/c1-8(2)7-9-5-3-4-6-10(9)11;/h1,3-6,11H,7H2,2H3;.